The molecule has 0 N–H and O–H groups in total. The molecule has 0 aliphatic carbocycles. The fourth-order valence-electron chi connectivity index (χ4n) is 5.00. The van der Waals surface area contributed by atoms with Gasteiger partial charge in [-0.05, 0) is 38.0 Å². The van der Waals surface area contributed by atoms with Crippen molar-refractivity contribution in [3.05, 3.63) is 65.7 Å². The Morgan fingerprint density at radius 1 is 0.800 bits per heavy atom. The summed E-state index contributed by atoms with van der Waals surface area (Å²) in [6, 6.07) is 17.7. The summed E-state index contributed by atoms with van der Waals surface area (Å²) in [6.45, 7) is 4.57. The molecule has 0 atom stereocenters. The number of benzene rings is 2. The van der Waals surface area contributed by atoms with Crippen molar-refractivity contribution in [1.29, 1.82) is 0 Å². The Labute approximate surface area is 207 Å². The summed E-state index contributed by atoms with van der Waals surface area (Å²) in [6.07, 6.45) is 3.99. The molecule has 8 heteroatoms. The van der Waals surface area contributed by atoms with Gasteiger partial charge in [0.05, 0.1) is 16.8 Å². The van der Waals surface area contributed by atoms with Gasteiger partial charge < -0.3 is 4.90 Å². The monoisotopic (exact) mass is 492 g/mol. The van der Waals surface area contributed by atoms with Gasteiger partial charge in [-0.3, -0.25) is 4.79 Å². The first-order valence-corrected chi connectivity index (χ1v) is 13.8. The number of carbonyl (C=O) groups excluding carboxylic acids is 1. The smallest absolute Gasteiger partial charge is 0.282 e. The Kier molecular flexibility index (Phi) is 6.86. The zero-order chi connectivity index (χ0) is 24.4. The summed E-state index contributed by atoms with van der Waals surface area (Å²) in [7, 11) is -3.49. The van der Waals surface area contributed by atoms with Crippen molar-refractivity contribution < 1.29 is 13.2 Å². The molecule has 2 fully saturated rings. The summed E-state index contributed by atoms with van der Waals surface area (Å²) in [5.41, 5.74) is 4.17. The molecule has 3 heterocycles. The molecule has 2 aliphatic rings. The lowest BCUT2D eigenvalue weighted by Crippen LogP contribution is -2.54. The van der Waals surface area contributed by atoms with Crippen LogP contribution in [0.4, 0.5) is 0 Å². The lowest BCUT2D eigenvalue weighted by molar-refractivity contribution is 0.0696. The number of piperazine rings is 1. The molecule has 1 amide bonds. The maximum Gasteiger partial charge on any atom is 0.282 e. The van der Waals surface area contributed by atoms with E-state index in [-0.39, 0.29) is 5.91 Å². The number of amides is 1. The second-order valence-electron chi connectivity index (χ2n) is 9.45. The lowest BCUT2D eigenvalue weighted by atomic mass is 10.0. The van der Waals surface area contributed by atoms with Crippen molar-refractivity contribution in [1.82, 2.24) is 18.5 Å². The van der Waals surface area contributed by atoms with Crippen LogP contribution in [0.2, 0.25) is 0 Å². The van der Waals surface area contributed by atoms with Crippen LogP contribution in [0.5, 0.6) is 0 Å². The molecule has 3 aromatic rings. The SMILES string of the molecule is Cc1ccc2nc(-c3ccccc3)cc(C(=O)N3CCN(S(=O)(=O)N4CCCCCC4)CC3)c2c1. The van der Waals surface area contributed by atoms with Gasteiger partial charge in [0.2, 0.25) is 0 Å². The van der Waals surface area contributed by atoms with Gasteiger partial charge in [-0.1, -0.05) is 54.8 Å². The van der Waals surface area contributed by atoms with Gasteiger partial charge in [0.25, 0.3) is 16.1 Å². The summed E-state index contributed by atoms with van der Waals surface area (Å²) in [5.74, 6) is -0.0769. The molecular weight excluding hydrogens is 460 g/mol. The minimum atomic E-state index is -3.49. The van der Waals surface area contributed by atoms with Gasteiger partial charge in [-0.2, -0.15) is 17.0 Å². The third-order valence-corrected chi connectivity index (χ3v) is 9.04. The summed E-state index contributed by atoms with van der Waals surface area (Å²) < 4.78 is 29.6. The molecule has 35 heavy (non-hydrogen) atoms. The van der Waals surface area contributed by atoms with E-state index in [1.807, 2.05) is 61.5 Å². The minimum absolute atomic E-state index is 0.0769. The normalized spacial score (nSPS) is 18.5. The number of aryl methyl sites for hydroxylation is 1. The molecule has 0 bridgehead atoms. The first-order valence-electron chi connectivity index (χ1n) is 12.4. The number of carbonyl (C=O) groups is 1. The number of fused-ring (bicyclic) bond motifs is 1. The second-order valence-corrected chi connectivity index (χ2v) is 11.4. The zero-order valence-electron chi connectivity index (χ0n) is 20.2. The first kappa shape index (κ1) is 23.9. The standard InChI is InChI=1S/C27H32N4O3S/c1-21-11-12-25-23(19-21)24(20-26(28-25)22-9-5-4-6-10-22)27(32)29-15-17-31(18-16-29)35(33,34)30-13-7-2-3-8-14-30/h4-6,9-12,19-20H,2-3,7-8,13-18H2,1H3. The average molecular weight is 493 g/mol. The van der Waals surface area contributed by atoms with Crippen molar-refractivity contribution in [2.24, 2.45) is 0 Å². The highest BCUT2D eigenvalue weighted by atomic mass is 32.2. The van der Waals surface area contributed by atoms with Crippen LogP contribution in [0.15, 0.2) is 54.6 Å². The Morgan fingerprint density at radius 3 is 2.14 bits per heavy atom. The van der Waals surface area contributed by atoms with Gasteiger partial charge in [-0.15, -0.1) is 0 Å². The fraction of sp³-hybridized carbons (Fsp3) is 0.407. The summed E-state index contributed by atoms with van der Waals surface area (Å²) in [5, 5.41) is 0.828. The molecule has 0 radical (unpaired) electrons. The van der Waals surface area contributed by atoms with Gasteiger partial charge in [0, 0.05) is 50.2 Å². The number of pyridine rings is 1. The highest BCUT2D eigenvalue weighted by molar-refractivity contribution is 7.86. The summed E-state index contributed by atoms with van der Waals surface area (Å²) >= 11 is 0. The molecule has 2 saturated heterocycles. The maximum absolute atomic E-state index is 13.7. The zero-order valence-corrected chi connectivity index (χ0v) is 21.0. The maximum atomic E-state index is 13.7. The van der Waals surface area contributed by atoms with E-state index in [2.05, 4.69) is 0 Å². The molecule has 184 valence electrons. The van der Waals surface area contributed by atoms with E-state index >= 15 is 0 Å². The van der Waals surface area contributed by atoms with Crippen LogP contribution in [-0.4, -0.2) is 72.1 Å². The van der Waals surface area contributed by atoms with Crippen LogP contribution >= 0.6 is 0 Å². The van der Waals surface area contributed by atoms with Crippen molar-refractivity contribution in [3.63, 3.8) is 0 Å². The number of hydrogen-bond donors (Lipinski definition) is 0. The number of aromatic nitrogens is 1. The Hall–Kier alpha value is -2.81. The highest BCUT2D eigenvalue weighted by Gasteiger charge is 2.34. The quantitative estimate of drug-likeness (QED) is 0.550. The lowest BCUT2D eigenvalue weighted by Gasteiger charge is -2.36. The molecule has 2 aliphatic heterocycles. The molecule has 7 nitrogen and oxygen atoms in total. The summed E-state index contributed by atoms with van der Waals surface area (Å²) in [4.78, 5) is 20.3. The minimum Gasteiger partial charge on any atom is -0.336 e. The number of rotatable bonds is 4. The Balaban J connectivity index is 1.39. The van der Waals surface area contributed by atoms with Gasteiger partial charge in [-0.25, -0.2) is 4.98 Å². The van der Waals surface area contributed by atoms with Crippen LogP contribution in [-0.2, 0) is 10.2 Å². The topological polar surface area (TPSA) is 73.8 Å². The van der Waals surface area contributed by atoms with Crippen LogP contribution < -0.4 is 0 Å². The first-order chi connectivity index (χ1) is 16.9. The van der Waals surface area contributed by atoms with Crippen LogP contribution in [0, 0.1) is 6.92 Å². The second kappa shape index (κ2) is 10.0. The Morgan fingerprint density at radius 2 is 1.46 bits per heavy atom. The van der Waals surface area contributed by atoms with Crippen molar-refractivity contribution >= 4 is 27.0 Å². The van der Waals surface area contributed by atoms with Crippen molar-refractivity contribution in [2.45, 2.75) is 32.6 Å². The third-order valence-electron chi connectivity index (χ3n) is 7.01. The van der Waals surface area contributed by atoms with Gasteiger partial charge >= 0.3 is 0 Å². The molecule has 2 aromatic carbocycles. The predicted molar refractivity (Wildman–Crippen MR) is 138 cm³/mol. The fourth-order valence-corrected chi connectivity index (χ4v) is 6.67. The number of nitrogens with zero attached hydrogens (tertiary/aromatic N) is 4. The van der Waals surface area contributed by atoms with Crippen molar-refractivity contribution in [3.8, 4) is 11.3 Å². The van der Waals surface area contributed by atoms with E-state index in [9.17, 15) is 13.2 Å². The van der Waals surface area contributed by atoms with E-state index in [0.29, 0.717) is 44.8 Å². The van der Waals surface area contributed by atoms with Gasteiger partial charge in [0.1, 0.15) is 0 Å². The van der Waals surface area contributed by atoms with Crippen LogP contribution in [0.25, 0.3) is 22.2 Å². The molecule has 0 spiro atoms. The van der Waals surface area contributed by atoms with E-state index < -0.39 is 10.2 Å². The van der Waals surface area contributed by atoms with E-state index in [1.165, 1.54) is 0 Å². The third kappa shape index (κ3) is 4.96. The molecule has 5 rings (SSSR count). The molecule has 0 saturated carbocycles. The highest BCUT2D eigenvalue weighted by Crippen LogP contribution is 2.27. The predicted octanol–water partition coefficient (Wildman–Crippen LogP) is 4.09. The van der Waals surface area contributed by atoms with E-state index in [0.717, 1.165) is 53.4 Å². The molecule has 0 unspecified atom stereocenters. The average Bonchev–Trinajstić information content (AvgIpc) is 3.19. The molecule has 1 aromatic heterocycles. The van der Waals surface area contributed by atoms with Crippen molar-refractivity contribution in [2.75, 3.05) is 39.3 Å². The molecular formula is C27H32N4O3S. The van der Waals surface area contributed by atoms with Gasteiger partial charge in [0.15, 0.2) is 0 Å². The number of hydrogen-bond acceptors (Lipinski definition) is 4. The van der Waals surface area contributed by atoms with Crippen LogP contribution in [0.3, 0.4) is 0 Å². The van der Waals surface area contributed by atoms with E-state index in [1.54, 1.807) is 13.5 Å². The van der Waals surface area contributed by atoms with E-state index in [4.69, 9.17) is 4.98 Å². The van der Waals surface area contributed by atoms with Crippen LogP contribution in [0.1, 0.15) is 41.6 Å². The Bertz CT molecular complexity index is 1310. The largest absolute Gasteiger partial charge is 0.336 e.